The average molecular weight is 360 g/mol. The fraction of sp³-hybridized carbons (Fsp3) is 0.500. The van der Waals surface area contributed by atoms with Gasteiger partial charge >= 0.3 is 18.2 Å². The molecule has 1 aromatic rings. The maximum Gasteiger partial charge on any atom is 0.471 e. The number of hydrogen-bond acceptors (Lipinski definition) is 3. The van der Waals surface area contributed by atoms with Crippen LogP contribution in [0.2, 0.25) is 0 Å². The van der Waals surface area contributed by atoms with Crippen LogP contribution in [0.4, 0.5) is 18.0 Å². The van der Waals surface area contributed by atoms with Gasteiger partial charge in [-0.15, -0.1) is 0 Å². The number of halogens is 3. The minimum absolute atomic E-state index is 0.144. The lowest BCUT2D eigenvalue weighted by molar-refractivity contribution is -0.188. The molecule has 0 radical (unpaired) electrons. The highest BCUT2D eigenvalue weighted by molar-refractivity contribution is 5.82. The van der Waals surface area contributed by atoms with E-state index in [1.807, 2.05) is 0 Å². The lowest BCUT2D eigenvalue weighted by Crippen LogP contribution is -2.47. The molecule has 2 amide bonds. The smallest absolute Gasteiger partial charge is 0.471 e. The molecule has 6 nitrogen and oxygen atoms in total. The Bertz CT molecular complexity index is 633. The Morgan fingerprint density at radius 2 is 1.92 bits per heavy atom. The van der Waals surface area contributed by atoms with Gasteiger partial charge in [0.1, 0.15) is 5.75 Å². The van der Waals surface area contributed by atoms with Crippen molar-refractivity contribution in [3.05, 3.63) is 29.8 Å². The van der Waals surface area contributed by atoms with Crippen molar-refractivity contribution in [2.24, 2.45) is 0 Å². The van der Waals surface area contributed by atoms with Crippen LogP contribution in [0.15, 0.2) is 24.3 Å². The lowest BCUT2D eigenvalue weighted by Gasteiger charge is -2.29. The van der Waals surface area contributed by atoms with Crippen molar-refractivity contribution in [3.8, 4) is 5.75 Å². The maximum atomic E-state index is 13.0. The number of carbonyl (C=O) groups is 2. The van der Waals surface area contributed by atoms with Gasteiger partial charge in [0.25, 0.3) is 0 Å². The fourth-order valence-corrected chi connectivity index (χ4v) is 2.95. The van der Waals surface area contributed by atoms with Crippen molar-refractivity contribution < 1.29 is 32.6 Å². The molecule has 1 aliphatic heterocycles. The molecule has 2 unspecified atom stereocenters. The summed E-state index contributed by atoms with van der Waals surface area (Å²) in [6.45, 7) is 1.21. The topological polar surface area (TPSA) is 70.1 Å². The molecule has 1 fully saturated rings. The third-order valence-corrected chi connectivity index (χ3v) is 4.25. The van der Waals surface area contributed by atoms with Crippen LogP contribution in [0.5, 0.6) is 5.75 Å². The third kappa shape index (κ3) is 4.34. The second kappa shape index (κ2) is 7.20. The molecule has 1 heterocycles. The van der Waals surface area contributed by atoms with E-state index >= 15 is 0 Å². The van der Waals surface area contributed by atoms with Crippen molar-refractivity contribution in [2.75, 3.05) is 13.7 Å². The van der Waals surface area contributed by atoms with E-state index < -0.39 is 30.3 Å². The fourth-order valence-electron chi connectivity index (χ4n) is 2.95. The first-order valence-corrected chi connectivity index (χ1v) is 7.63. The number of nitrogens with zero attached hydrogens (tertiary/aromatic N) is 2. The summed E-state index contributed by atoms with van der Waals surface area (Å²) < 4.78 is 44.0. The van der Waals surface area contributed by atoms with E-state index in [-0.39, 0.29) is 19.5 Å². The van der Waals surface area contributed by atoms with Crippen molar-refractivity contribution >= 4 is 12.0 Å². The highest BCUT2D eigenvalue weighted by atomic mass is 19.4. The van der Waals surface area contributed by atoms with Crippen LogP contribution in [0, 0.1) is 0 Å². The van der Waals surface area contributed by atoms with Gasteiger partial charge in [0, 0.05) is 19.1 Å². The van der Waals surface area contributed by atoms with E-state index in [2.05, 4.69) is 0 Å². The molecule has 2 atom stereocenters. The SMILES string of the molecule is COc1ccc(CN(C(=O)C(F)(F)F)C2CC(C)N(C(=O)O)C2)cc1. The minimum Gasteiger partial charge on any atom is -0.497 e. The number of benzene rings is 1. The Morgan fingerprint density at radius 3 is 2.36 bits per heavy atom. The molecule has 138 valence electrons. The Hall–Kier alpha value is -2.45. The molecule has 0 bridgehead atoms. The molecule has 0 aliphatic carbocycles. The van der Waals surface area contributed by atoms with E-state index in [0.717, 1.165) is 4.90 Å². The minimum atomic E-state index is -5.02. The van der Waals surface area contributed by atoms with Gasteiger partial charge in [0.05, 0.1) is 13.2 Å². The van der Waals surface area contributed by atoms with Gasteiger partial charge in [-0.25, -0.2) is 4.79 Å². The van der Waals surface area contributed by atoms with Gasteiger partial charge in [0.15, 0.2) is 0 Å². The van der Waals surface area contributed by atoms with Crippen LogP contribution in [0.1, 0.15) is 18.9 Å². The quantitative estimate of drug-likeness (QED) is 0.896. The van der Waals surface area contributed by atoms with Crippen molar-refractivity contribution in [2.45, 2.75) is 38.1 Å². The monoisotopic (exact) mass is 360 g/mol. The lowest BCUT2D eigenvalue weighted by atomic mass is 10.1. The van der Waals surface area contributed by atoms with E-state index in [1.54, 1.807) is 31.2 Å². The largest absolute Gasteiger partial charge is 0.497 e. The number of amides is 2. The highest BCUT2D eigenvalue weighted by Gasteiger charge is 2.47. The van der Waals surface area contributed by atoms with Gasteiger partial charge < -0.3 is 19.6 Å². The number of carbonyl (C=O) groups excluding carboxylic acids is 1. The number of alkyl halides is 3. The number of ether oxygens (including phenoxy) is 1. The summed E-state index contributed by atoms with van der Waals surface area (Å²) in [7, 11) is 1.47. The Balaban J connectivity index is 2.24. The summed E-state index contributed by atoms with van der Waals surface area (Å²) in [5, 5.41) is 9.12. The number of carboxylic acid groups (broad SMARTS) is 1. The van der Waals surface area contributed by atoms with Crippen molar-refractivity contribution in [1.82, 2.24) is 9.80 Å². The number of methoxy groups -OCH3 is 1. The summed E-state index contributed by atoms with van der Waals surface area (Å²) >= 11 is 0. The molecule has 0 aromatic heterocycles. The maximum absolute atomic E-state index is 13.0. The first-order valence-electron chi connectivity index (χ1n) is 7.63. The third-order valence-electron chi connectivity index (χ3n) is 4.25. The summed E-state index contributed by atoms with van der Waals surface area (Å²) in [5.41, 5.74) is 0.500. The Labute approximate surface area is 142 Å². The van der Waals surface area contributed by atoms with Gasteiger partial charge in [0.2, 0.25) is 0 Å². The average Bonchev–Trinajstić information content (AvgIpc) is 2.93. The van der Waals surface area contributed by atoms with Crippen LogP contribution in [0.25, 0.3) is 0 Å². The predicted molar refractivity (Wildman–Crippen MR) is 82.2 cm³/mol. The number of hydrogen-bond donors (Lipinski definition) is 1. The molecule has 2 rings (SSSR count). The Morgan fingerprint density at radius 1 is 1.32 bits per heavy atom. The molecule has 25 heavy (non-hydrogen) atoms. The molecule has 9 heteroatoms. The second-order valence-corrected chi connectivity index (χ2v) is 5.95. The van der Waals surface area contributed by atoms with Crippen molar-refractivity contribution in [3.63, 3.8) is 0 Å². The van der Waals surface area contributed by atoms with E-state index in [9.17, 15) is 22.8 Å². The second-order valence-electron chi connectivity index (χ2n) is 5.95. The number of likely N-dealkylation sites (tertiary alicyclic amines) is 1. The van der Waals surface area contributed by atoms with Crippen molar-refractivity contribution in [1.29, 1.82) is 0 Å². The first-order chi connectivity index (χ1) is 11.6. The molecule has 1 saturated heterocycles. The van der Waals surface area contributed by atoms with Crippen LogP contribution in [0.3, 0.4) is 0 Å². The zero-order valence-corrected chi connectivity index (χ0v) is 13.8. The van der Waals surface area contributed by atoms with Crippen LogP contribution < -0.4 is 4.74 Å². The Kier molecular flexibility index (Phi) is 5.44. The van der Waals surface area contributed by atoms with Crippen LogP contribution >= 0.6 is 0 Å². The molecular formula is C16H19F3N2O4. The van der Waals surface area contributed by atoms with Crippen LogP contribution in [-0.4, -0.2) is 58.8 Å². The normalized spacial score (nSPS) is 20.4. The van der Waals surface area contributed by atoms with E-state index in [1.165, 1.54) is 7.11 Å². The van der Waals surface area contributed by atoms with Gasteiger partial charge in [-0.05, 0) is 31.0 Å². The summed E-state index contributed by atoms with van der Waals surface area (Å²) in [4.78, 5) is 24.8. The highest BCUT2D eigenvalue weighted by Crippen LogP contribution is 2.28. The van der Waals surface area contributed by atoms with Gasteiger partial charge in [-0.1, -0.05) is 12.1 Å². The molecular weight excluding hydrogens is 341 g/mol. The number of rotatable bonds is 4. The molecule has 0 saturated carbocycles. The molecule has 1 aromatic carbocycles. The van der Waals surface area contributed by atoms with Crippen LogP contribution in [-0.2, 0) is 11.3 Å². The van der Waals surface area contributed by atoms with E-state index in [4.69, 9.17) is 9.84 Å². The predicted octanol–water partition coefficient (Wildman–Crippen LogP) is 2.73. The summed E-state index contributed by atoms with van der Waals surface area (Å²) in [6, 6.07) is 5.04. The summed E-state index contributed by atoms with van der Waals surface area (Å²) in [5.74, 6) is -1.42. The molecule has 1 N–H and O–H groups in total. The molecule has 0 spiro atoms. The van der Waals surface area contributed by atoms with E-state index in [0.29, 0.717) is 16.2 Å². The van der Waals surface area contributed by atoms with Gasteiger partial charge in [-0.2, -0.15) is 13.2 Å². The molecule has 1 aliphatic rings. The first kappa shape index (κ1) is 18.9. The zero-order valence-electron chi connectivity index (χ0n) is 13.8. The standard InChI is InChI=1S/C16H19F3N2O4/c1-10-7-12(9-20(10)15(23)24)21(14(22)16(17,18)19)8-11-3-5-13(25-2)6-4-11/h3-6,10,12H,7-9H2,1-2H3,(H,23,24). The zero-order chi connectivity index (χ0) is 18.8. The summed E-state index contributed by atoms with van der Waals surface area (Å²) in [6.07, 6.45) is -6.07. The van der Waals surface area contributed by atoms with Gasteiger partial charge in [-0.3, -0.25) is 4.79 Å².